The third-order valence-corrected chi connectivity index (χ3v) is 1.52. The van der Waals surface area contributed by atoms with Gasteiger partial charge in [-0.1, -0.05) is 13.2 Å². The van der Waals surface area contributed by atoms with Crippen molar-refractivity contribution in [2.75, 3.05) is 20.3 Å². The Balaban J connectivity index is 0. The number of carbonyl (C=O) groups excluding carboxylic acids is 3. The number of nitrogens with one attached hydrogen (secondary N) is 1. The lowest BCUT2D eigenvalue weighted by atomic mass is 10.4. The second-order valence-electron chi connectivity index (χ2n) is 3.48. The van der Waals surface area contributed by atoms with Gasteiger partial charge in [0.05, 0.1) is 13.7 Å². The Hall–Kier alpha value is -2.31. The summed E-state index contributed by atoms with van der Waals surface area (Å²) in [7, 11) is 1.33. The van der Waals surface area contributed by atoms with Crippen LogP contribution < -0.4 is 11.1 Å². The molecule has 3 N–H and O–H groups in total. The number of methoxy groups -OCH3 is 1. The van der Waals surface area contributed by atoms with E-state index in [1.165, 1.54) is 7.11 Å². The summed E-state index contributed by atoms with van der Waals surface area (Å²) in [6.45, 7) is 10.2. The fourth-order valence-electron chi connectivity index (χ4n) is 0.615. The van der Waals surface area contributed by atoms with Gasteiger partial charge in [-0.05, 0) is 13.8 Å². The number of hydrogen-bond acceptors (Lipinski definition) is 5. The standard InChI is InChI=1S/C7H12N2O3.C5H8O2/c1-5(2)6(10)12-4-3-9-7(8)11;1-4(2)5(6)7-3/h1,3-4H2,2H3,(H3,8,9,11);1H2,2-3H3. The first-order valence-electron chi connectivity index (χ1n) is 5.32. The lowest BCUT2D eigenvalue weighted by Gasteiger charge is -2.03. The zero-order valence-corrected chi connectivity index (χ0v) is 11.4. The maximum Gasteiger partial charge on any atom is 0.333 e. The van der Waals surface area contributed by atoms with Crippen LogP contribution in [0.4, 0.5) is 4.79 Å². The Bertz CT molecular complexity index is 363. The van der Waals surface area contributed by atoms with E-state index in [0.29, 0.717) is 11.1 Å². The molecule has 0 saturated carbocycles. The maximum atomic E-state index is 10.7. The number of nitrogens with two attached hydrogens (primary N) is 1. The van der Waals surface area contributed by atoms with Crippen LogP contribution in [0.15, 0.2) is 24.3 Å². The van der Waals surface area contributed by atoms with Gasteiger partial charge >= 0.3 is 18.0 Å². The highest BCUT2D eigenvalue weighted by Crippen LogP contribution is 1.90. The van der Waals surface area contributed by atoms with Gasteiger partial charge in [-0.25, -0.2) is 14.4 Å². The minimum Gasteiger partial charge on any atom is -0.466 e. The molecule has 0 radical (unpaired) electrons. The average Bonchev–Trinajstić information content (AvgIpc) is 2.33. The molecule has 0 bridgehead atoms. The van der Waals surface area contributed by atoms with Gasteiger partial charge in [0, 0.05) is 11.1 Å². The monoisotopic (exact) mass is 272 g/mol. The van der Waals surface area contributed by atoms with Gasteiger partial charge in [0.1, 0.15) is 6.61 Å². The van der Waals surface area contributed by atoms with Gasteiger partial charge in [-0.3, -0.25) is 0 Å². The summed E-state index contributed by atoms with van der Waals surface area (Å²) in [5.74, 6) is -0.818. The Kier molecular flexibility index (Phi) is 10.8. The van der Waals surface area contributed by atoms with Gasteiger partial charge in [-0.2, -0.15) is 0 Å². The molecule has 0 aliphatic carbocycles. The van der Waals surface area contributed by atoms with Crippen LogP contribution in [0, 0.1) is 0 Å². The van der Waals surface area contributed by atoms with Crippen LogP contribution in [-0.4, -0.2) is 38.2 Å². The van der Waals surface area contributed by atoms with Gasteiger partial charge in [0.2, 0.25) is 0 Å². The van der Waals surface area contributed by atoms with Gasteiger partial charge in [0.15, 0.2) is 0 Å². The van der Waals surface area contributed by atoms with Crippen molar-refractivity contribution >= 4 is 18.0 Å². The summed E-state index contributed by atoms with van der Waals surface area (Å²) in [5, 5.41) is 2.27. The van der Waals surface area contributed by atoms with E-state index in [1.807, 2.05) is 0 Å². The maximum absolute atomic E-state index is 10.7. The summed E-state index contributed by atoms with van der Waals surface area (Å²) in [6.07, 6.45) is 0. The highest BCUT2D eigenvalue weighted by Gasteiger charge is 2.01. The van der Waals surface area contributed by atoms with Crippen LogP contribution in [0.2, 0.25) is 0 Å². The zero-order valence-electron chi connectivity index (χ0n) is 11.4. The minimum absolute atomic E-state index is 0.106. The number of esters is 2. The van der Waals surface area contributed by atoms with Crippen molar-refractivity contribution < 1.29 is 23.9 Å². The number of rotatable bonds is 5. The number of primary amides is 1. The van der Waals surface area contributed by atoms with Crippen molar-refractivity contribution in [2.24, 2.45) is 5.73 Å². The summed E-state index contributed by atoms with van der Waals surface area (Å²) >= 11 is 0. The van der Waals surface area contributed by atoms with E-state index in [0.717, 1.165) is 0 Å². The normalized spacial score (nSPS) is 8.37. The summed E-state index contributed by atoms with van der Waals surface area (Å²) < 4.78 is 8.92. The van der Waals surface area contributed by atoms with Crippen molar-refractivity contribution in [3.8, 4) is 0 Å². The van der Waals surface area contributed by atoms with E-state index in [9.17, 15) is 14.4 Å². The molecular formula is C12H20N2O5. The van der Waals surface area contributed by atoms with Crippen LogP contribution in [-0.2, 0) is 19.1 Å². The summed E-state index contributed by atoms with van der Waals surface area (Å²) in [4.78, 5) is 31.0. The molecule has 0 heterocycles. The van der Waals surface area contributed by atoms with Crippen molar-refractivity contribution in [2.45, 2.75) is 13.8 Å². The highest BCUT2D eigenvalue weighted by atomic mass is 16.5. The van der Waals surface area contributed by atoms with Crippen LogP contribution >= 0.6 is 0 Å². The molecule has 0 aromatic carbocycles. The topological polar surface area (TPSA) is 108 Å². The molecule has 19 heavy (non-hydrogen) atoms. The Labute approximate surface area is 112 Å². The summed E-state index contributed by atoms with van der Waals surface area (Å²) in [5.41, 5.74) is 5.52. The largest absolute Gasteiger partial charge is 0.466 e. The Morgan fingerprint density at radius 2 is 1.58 bits per heavy atom. The van der Waals surface area contributed by atoms with Crippen molar-refractivity contribution in [1.82, 2.24) is 5.32 Å². The molecule has 7 heteroatoms. The predicted octanol–water partition coefficient (Wildman–Crippen LogP) is 0.510. The molecule has 2 amide bonds. The molecule has 0 aliphatic rings. The smallest absolute Gasteiger partial charge is 0.333 e. The second-order valence-corrected chi connectivity index (χ2v) is 3.48. The molecule has 0 aromatic rings. The SMILES string of the molecule is C=C(C)C(=O)OC.C=C(C)C(=O)OCCNC(N)=O. The molecule has 0 spiro atoms. The first kappa shape index (κ1) is 19.0. The van der Waals surface area contributed by atoms with Crippen molar-refractivity contribution in [3.63, 3.8) is 0 Å². The fourth-order valence-corrected chi connectivity index (χ4v) is 0.615. The number of hydrogen-bond donors (Lipinski definition) is 2. The quantitative estimate of drug-likeness (QED) is 0.430. The lowest BCUT2D eigenvalue weighted by molar-refractivity contribution is -0.138. The molecule has 0 atom stereocenters. The Morgan fingerprint density at radius 3 is 1.84 bits per heavy atom. The zero-order chi connectivity index (χ0) is 15.4. The van der Waals surface area contributed by atoms with E-state index >= 15 is 0 Å². The van der Waals surface area contributed by atoms with Crippen LogP contribution in [0.3, 0.4) is 0 Å². The first-order valence-corrected chi connectivity index (χ1v) is 5.32. The second kappa shape index (κ2) is 10.8. The van der Waals surface area contributed by atoms with Crippen LogP contribution in [0.5, 0.6) is 0 Å². The van der Waals surface area contributed by atoms with Crippen LogP contribution in [0.25, 0.3) is 0 Å². The van der Waals surface area contributed by atoms with E-state index in [-0.39, 0.29) is 19.1 Å². The fraction of sp³-hybridized carbons (Fsp3) is 0.417. The molecule has 0 fully saturated rings. The molecule has 0 aliphatic heterocycles. The van der Waals surface area contributed by atoms with E-state index in [4.69, 9.17) is 5.73 Å². The molecule has 7 nitrogen and oxygen atoms in total. The molecule has 0 rings (SSSR count). The lowest BCUT2D eigenvalue weighted by Crippen LogP contribution is -2.32. The summed E-state index contributed by atoms with van der Waals surface area (Å²) in [6, 6.07) is -0.638. The minimum atomic E-state index is -0.638. The third-order valence-electron chi connectivity index (χ3n) is 1.52. The van der Waals surface area contributed by atoms with E-state index in [1.54, 1.807) is 13.8 Å². The molecule has 0 unspecified atom stereocenters. The third kappa shape index (κ3) is 13.6. The van der Waals surface area contributed by atoms with E-state index < -0.39 is 12.0 Å². The molecule has 108 valence electrons. The first-order chi connectivity index (χ1) is 8.72. The van der Waals surface area contributed by atoms with Gasteiger partial charge in [0.25, 0.3) is 0 Å². The highest BCUT2D eigenvalue weighted by molar-refractivity contribution is 5.87. The molecular weight excluding hydrogens is 252 g/mol. The number of urea groups is 1. The predicted molar refractivity (Wildman–Crippen MR) is 70.2 cm³/mol. The average molecular weight is 272 g/mol. The van der Waals surface area contributed by atoms with Gasteiger partial charge < -0.3 is 20.5 Å². The number of ether oxygens (including phenoxy) is 2. The van der Waals surface area contributed by atoms with Crippen LogP contribution in [0.1, 0.15) is 13.8 Å². The van der Waals surface area contributed by atoms with Crippen molar-refractivity contribution in [3.05, 3.63) is 24.3 Å². The molecule has 0 saturated heterocycles. The Morgan fingerprint density at radius 1 is 1.11 bits per heavy atom. The number of amides is 2. The van der Waals surface area contributed by atoms with E-state index in [2.05, 4.69) is 27.9 Å². The van der Waals surface area contributed by atoms with Gasteiger partial charge in [-0.15, -0.1) is 0 Å². The van der Waals surface area contributed by atoms with Crippen molar-refractivity contribution in [1.29, 1.82) is 0 Å². The number of carbonyl (C=O) groups is 3. The molecule has 0 aromatic heterocycles.